The Bertz CT molecular complexity index is 695. The summed E-state index contributed by atoms with van der Waals surface area (Å²) < 4.78 is 14.7. The predicted octanol–water partition coefficient (Wildman–Crippen LogP) is 2.88. The zero-order chi connectivity index (χ0) is 17.9. The van der Waals surface area contributed by atoms with Crippen LogP contribution in [0.5, 0.6) is 0 Å². The molecule has 1 atom stereocenters. The standard InChI is InChI=1S/C16H22FN5OS/c1-11(12-6-8-13(17)9-7-12)21(5)14(23)10-24-15-18-19-20-22(15)16(2,3)4/h6-9,11H,10H2,1-5H3. The highest BCUT2D eigenvalue weighted by atomic mass is 32.2. The molecule has 130 valence electrons. The summed E-state index contributed by atoms with van der Waals surface area (Å²) in [5, 5.41) is 12.2. The summed E-state index contributed by atoms with van der Waals surface area (Å²) in [5.41, 5.74) is 0.638. The van der Waals surface area contributed by atoms with Crippen LogP contribution < -0.4 is 0 Å². The summed E-state index contributed by atoms with van der Waals surface area (Å²) in [6.45, 7) is 7.91. The van der Waals surface area contributed by atoms with Crippen molar-refractivity contribution in [2.75, 3.05) is 12.8 Å². The van der Waals surface area contributed by atoms with Gasteiger partial charge in [-0.05, 0) is 55.8 Å². The van der Waals surface area contributed by atoms with E-state index in [0.717, 1.165) is 5.56 Å². The van der Waals surface area contributed by atoms with Crippen molar-refractivity contribution in [1.29, 1.82) is 0 Å². The second kappa shape index (κ2) is 7.29. The maximum atomic E-state index is 13.0. The first-order valence-corrected chi connectivity index (χ1v) is 8.61. The van der Waals surface area contributed by atoms with Gasteiger partial charge in [-0.1, -0.05) is 23.9 Å². The predicted molar refractivity (Wildman–Crippen MR) is 91.1 cm³/mol. The van der Waals surface area contributed by atoms with Crippen LogP contribution in [0.3, 0.4) is 0 Å². The minimum Gasteiger partial charge on any atom is -0.338 e. The number of halogens is 1. The van der Waals surface area contributed by atoms with Crippen LogP contribution in [-0.2, 0) is 10.3 Å². The summed E-state index contributed by atoms with van der Waals surface area (Å²) in [5.74, 6) is -0.0943. The first-order chi connectivity index (χ1) is 11.2. The van der Waals surface area contributed by atoms with Gasteiger partial charge in [-0.15, -0.1) is 5.10 Å². The Hall–Kier alpha value is -1.96. The number of aromatic nitrogens is 4. The molecular weight excluding hydrogens is 329 g/mol. The number of carbonyl (C=O) groups is 1. The van der Waals surface area contributed by atoms with Crippen LogP contribution in [0.25, 0.3) is 0 Å². The van der Waals surface area contributed by atoms with Gasteiger partial charge in [-0.3, -0.25) is 4.79 Å². The molecule has 0 aliphatic heterocycles. The van der Waals surface area contributed by atoms with Crippen LogP contribution in [0.1, 0.15) is 39.3 Å². The number of benzene rings is 1. The van der Waals surface area contributed by atoms with Crippen molar-refractivity contribution in [3.8, 4) is 0 Å². The third-order valence-corrected chi connectivity index (χ3v) is 4.63. The Morgan fingerprint density at radius 2 is 1.96 bits per heavy atom. The van der Waals surface area contributed by atoms with Crippen LogP contribution in [0.2, 0.25) is 0 Å². The molecule has 24 heavy (non-hydrogen) atoms. The Morgan fingerprint density at radius 3 is 2.54 bits per heavy atom. The number of hydrogen-bond acceptors (Lipinski definition) is 5. The summed E-state index contributed by atoms with van der Waals surface area (Å²) in [6, 6.07) is 6.04. The molecule has 0 aliphatic rings. The third kappa shape index (κ3) is 4.31. The van der Waals surface area contributed by atoms with E-state index in [1.807, 2.05) is 27.7 Å². The first-order valence-electron chi connectivity index (χ1n) is 7.63. The van der Waals surface area contributed by atoms with Crippen molar-refractivity contribution in [3.63, 3.8) is 0 Å². The van der Waals surface area contributed by atoms with Crippen LogP contribution in [0, 0.1) is 5.82 Å². The van der Waals surface area contributed by atoms with Crippen molar-refractivity contribution < 1.29 is 9.18 Å². The number of amides is 1. The molecule has 0 fully saturated rings. The smallest absolute Gasteiger partial charge is 0.233 e. The summed E-state index contributed by atoms with van der Waals surface area (Å²) in [6.07, 6.45) is 0. The fourth-order valence-electron chi connectivity index (χ4n) is 2.10. The SMILES string of the molecule is CC(c1ccc(F)cc1)N(C)C(=O)CSc1nnnn1C(C)(C)C. The van der Waals surface area contributed by atoms with Crippen molar-refractivity contribution in [2.24, 2.45) is 0 Å². The maximum Gasteiger partial charge on any atom is 0.233 e. The molecule has 0 bridgehead atoms. The molecule has 1 aromatic carbocycles. The molecule has 0 saturated carbocycles. The first kappa shape index (κ1) is 18.4. The average Bonchev–Trinajstić information content (AvgIpc) is 3.00. The number of carbonyl (C=O) groups excluding carboxylic acids is 1. The molecule has 6 nitrogen and oxygen atoms in total. The lowest BCUT2D eigenvalue weighted by Gasteiger charge is -2.25. The van der Waals surface area contributed by atoms with Gasteiger partial charge in [0.2, 0.25) is 11.1 Å². The zero-order valence-corrected chi connectivity index (χ0v) is 15.3. The molecular formula is C16H22FN5OS. The molecule has 1 unspecified atom stereocenters. The topological polar surface area (TPSA) is 63.9 Å². The van der Waals surface area contributed by atoms with Gasteiger partial charge in [0.25, 0.3) is 0 Å². The fourth-order valence-corrected chi connectivity index (χ4v) is 3.08. The van der Waals surface area contributed by atoms with E-state index in [2.05, 4.69) is 15.5 Å². The molecule has 0 spiro atoms. The van der Waals surface area contributed by atoms with Crippen molar-refractivity contribution in [2.45, 2.75) is 44.4 Å². The minimum absolute atomic E-state index is 0.0414. The van der Waals surface area contributed by atoms with Gasteiger partial charge in [0.15, 0.2) is 0 Å². The number of thioether (sulfide) groups is 1. The quantitative estimate of drug-likeness (QED) is 0.775. The van der Waals surface area contributed by atoms with Gasteiger partial charge < -0.3 is 4.90 Å². The molecule has 8 heteroatoms. The van der Waals surface area contributed by atoms with Crippen molar-refractivity contribution >= 4 is 17.7 Å². The Kier molecular flexibility index (Phi) is 5.58. The zero-order valence-electron chi connectivity index (χ0n) is 14.5. The van der Waals surface area contributed by atoms with Gasteiger partial charge >= 0.3 is 0 Å². The Morgan fingerprint density at radius 1 is 1.33 bits per heavy atom. The Balaban J connectivity index is 1.99. The number of hydrogen-bond donors (Lipinski definition) is 0. The Labute approximate surface area is 145 Å². The minimum atomic E-state index is -0.287. The van der Waals surface area contributed by atoms with Crippen LogP contribution in [0.15, 0.2) is 29.4 Å². The average molecular weight is 351 g/mol. The highest BCUT2D eigenvalue weighted by Gasteiger charge is 2.22. The van der Waals surface area contributed by atoms with E-state index in [9.17, 15) is 9.18 Å². The second-order valence-corrected chi connectivity index (χ2v) is 7.51. The molecule has 2 rings (SSSR count). The van der Waals surface area contributed by atoms with E-state index in [-0.39, 0.29) is 29.1 Å². The lowest BCUT2D eigenvalue weighted by atomic mass is 10.1. The van der Waals surface area contributed by atoms with Gasteiger partial charge in [-0.25, -0.2) is 9.07 Å². The number of tetrazole rings is 1. The van der Waals surface area contributed by atoms with Gasteiger partial charge in [0, 0.05) is 7.05 Å². The van der Waals surface area contributed by atoms with E-state index in [0.29, 0.717) is 5.16 Å². The summed E-state index contributed by atoms with van der Waals surface area (Å²) in [4.78, 5) is 14.1. The summed E-state index contributed by atoms with van der Waals surface area (Å²) >= 11 is 1.31. The van der Waals surface area contributed by atoms with Crippen LogP contribution in [-0.4, -0.2) is 43.8 Å². The highest BCUT2D eigenvalue weighted by Crippen LogP contribution is 2.24. The molecule has 1 amide bonds. The van der Waals surface area contributed by atoms with E-state index in [1.165, 1.54) is 23.9 Å². The molecule has 0 aliphatic carbocycles. The fraction of sp³-hybridized carbons (Fsp3) is 0.500. The summed E-state index contributed by atoms with van der Waals surface area (Å²) in [7, 11) is 1.74. The van der Waals surface area contributed by atoms with Crippen LogP contribution >= 0.6 is 11.8 Å². The lowest BCUT2D eigenvalue weighted by molar-refractivity contribution is -0.128. The molecule has 1 aromatic heterocycles. The maximum absolute atomic E-state index is 13.0. The van der Waals surface area contributed by atoms with Gasteiger partial charge in [0.1, 0.15) is 5.82 Å². The van der Waals surface area contributed by atoms with E-state index >= 15 is 0 Å². The molecule has 0 radical (unpaired) electrons. The largest absolute Gasteiger partial charge is 0.338 e. The van der Waals surface area contributed by atoms with Gasteiger partial charge in [-0.2, -0.15) is 0 Å². The van der Waals surface area contributed by atoms with Crippen molar-refractivity contribution in [1.82, 2.24) is 25.1 Å². The molecule has 2 aromatic rings. The van der Waals surface area contributed by atoms with Crippen molar-refractivity contribution in [3.05, 3.63) is 35.6 Å². The van der Waals surface area contributed by atoms with Gasteiger partial charge in [0.05, 0.1) is 17.3 Å². The lowest BCUT2D eigenvalue weighted by Crippen LogP contribution is -2.31. The molecule has 0 saturated heterocycles. The normalized spacial score (nSPS) is 12.9. The second-order valence-electron chi connectivity index (χ2n) is 6.56. The molecule has 1 heterocycles. The molecule has 0 N–H and O–H groups in total. The number of rotatable bonds is 5. The van der Waals surface area contributed by atoms with Crippen LogP contribution in [0.4, 0.5) is 4.39 Å². The van der Waals surface area contributed by atoms with E-state index in [1.54, 1.807) is 28.8 Å². The monoisotopic (exact) mass is 351 g/mol. The third-order valence-electron chi connectivity index (χ3n) is 3.73. The highest BCUT2D eigenvalue weighted by molar-refractivity contribution is 7.99. The van der Waals surface area contributed by atoms with E-state index < -0.39 is 0 Å². The number of nitrogens with zero attached hydrogens (tertiary/aromatic N) is 5. The van der Waals surface area contributed by atoms with E-state index in [4.69, 9.17) is 0 Å².